The van der Waals surface area contributed by atoms with Gasteiger partial charge in [-0.2, -0.15) is 0 Å². The minimum absolute atomic E-state index is 0.286. The summed E-state index contributed by atoms with van der Waals surface area (Å²) in [7, 11) is 0. The van der Waals surface area contributed by atoms with Gasteiger partial charge in [-0.05, 0) is 33.3 Å². The molecule has 9 heteroatoms. The summed E-state index contributed by atoms with van der Waals surface area (Å²) in [6.07, 6.45) is -1.04. The number of benzene rings is 1. The lowest BCUT2D eigenvalue weighted by Crippen LogP contribution is -2.43. The Balaban J connectivity index is 1.42. The molecule has 0 aromatic heterocycles. The molecule has 0 spiro atoms. The number of carboxylic acid groups (broad SMARTS) is 1. The highest BCUT2D eigenvalue weighted by Gasteiger charge is 2.58. The number of nitrogens with one attached hydrogen (secondary N) is 1. The van der Waals surface area contributed by atoms with Crippen LogP contribution >= 0.6 is 12.2 Å². The zero-order valence-corrected chi connectivity index (χ0v) is 19.6. The van der Waals surface area contributed by atoms with E-state index in [2.05, 4.69) is 5.32 Å². The first-order chi connectivity index (χ1) is 15.0. The molecule has 6 atom stereocenters. The van der Waals surface area contributed by atoms with E-state index in [4.69, 9.17) is 35.9 Å². The van der Waals surface area contributed by atoms with Crippen LogP contribution in [0.15, 0.2) is 30.3 Å². The van der Waals surface area contributed by atoms with Gasteiger partial charge >= 0.3 is 5.97 Å². The van der Waals surface area contributed by atoms with Crippen molar-refractivity contribution in [1.82, 2.24) is 5.32 Å². The Bertz CT molecular complexity index is 846. The first-order valence-electron chi connectivity index (χ1n) is 10.9. The monoisotopic (exact) mass is 465 g/mol. The maximum Gasteiger partial charge on any atom is 0.326 e. The molecule has 8 nitrogen and oxygen atoms in total. The van der Waals surface area contributed by atoms with Gasteiger partial charge in [0.15, 0.2) is 11.6 Å². The summed E-state index contributed by atoms with van der Waals surface area (Å²) in [6.45, 7) is 7.87. The van der Waals surface area contributed by atoms with E-state index in [1.54, 1.807) is 0 Å². The Morgan fingerprint density at radius 2 is 1.78 bits per heavy atom. The fourth-order valence-electron chi connectivity index (χ4n) is 4.54. The molecule has 3 fully saturated rings. The first kappa shape index (κ1) is 23.5. The van der Waals surface area contributed by atoms with Gasteiger partial charge in [0.05, 0.1) is 17.7 Å². The molecule has 3 aliphatic rings. The number of carboxylic acids is 1. The first-order valence-corrected chi connectivity index (χ1v) is 11.3. The highest BCUT2D eigenvalue weighted by Crippen LogP contribution is 2.43. The molecule has 3 aliphatic heterocycles. The summed E-state index contributed by atoms with van der Waals surface area (Å²) in [5, 5.41) is 12.7. The van der Waals surface area contributed by atoms with Gasteiger partial charge in [-0.3, -0.25) is 0 Å². The Kier molecular flexibility index (Phi) is 6.59. The molecule has 4 rings (SSSR count). The maximum atomic E-state index is 11.8. The van der Waals surface area contributed by atoms with E-state index in [1.807, 2.05) is 58.0 Å². The molecule has 3 saturated heterocycles. The highest BCUT2D eigenvalue weighted by atomic mass is 32.1. The summed E-state index contributed by atoms with van der Waals surface area (Å²) in [6, 6.07) is 8.62. The number of aliphatic carboxylic acids is 1. The molecule has 0 saturated carbocycles. The molecule has 32 heavy (non-hydrogen) atoms. The molecule has 1 aromatic rings. The molecule has 3 heterocycles. The molecule has 2 unspecified atom stereocenters. The van der Waals surface area contributed by atoms with Crippen LogP contribution in [0, 0.1) is 0 Å². The van der Waals surface area contributed by atoms with Crippen molar-refractivity contribution >= 4 is 23.2 Å². The maximum absolute atomic E-state index is 11.8. The van der Waals surface area contributed by atoms with Crippen LogP contribution in [-0.2, 0) is 34.9 Å². The quantitative estimate of drug-likeness (QED) is 0.589. The van der Waals surface area contributed by atoms with Crippen molar-refractivity contribution in [1.29, 1.82) is 0 Å². The molecular weight excluding hydrogens is 434 g/mol. The van der Waals surface area contributed by atoms with E-state index in [-0.39, 0.29) is 30.5 Å². The van der Waals surface area contributed by atoms with E-state index in [9.17, 15) is 9.90 Å². The van der Waals surface area contributed by atoms with Crippen LogP contribution in [0.4, 0.5) is 0 Å². The van der Waals surface area contributed by atoms with Gasteiger partial charge in [-0.15, -0.1) is 0 Å². The Morgan fingerprint density at radius 1 is 1.09 bits per heavy atom. The van der Waals surface area contributed by atoms with Crippen LogP contribution in [0.5, 0.6) is 0 Å². The molecule has 176 valence electrons. The van der Waals surface area contributed by atoms with Crippen LogP contribution in [0.25, 0.3) is 0 Å². The SMILES string of the molecule is CC1(C)OCC([C@H]2O[C@@H](CC(=S)NC(Cc3ccccc3)C(=O)O)[C@H]3OC(C)(C)O[C@H]32)O1. The summed E-state index contributed by atoms with van der Waals surface area (Å²) < 4.78 is 30.3. The Labute approximate surface area is 193 Å². The smallest absolute Gasteiger partial charge is 0.326 e. The predicted molar refractivity (Wildman–Crippen MR) is 119 cm³/mol. The summed E-state index contributed by atoms with van der Waals surface area (Å²) in [5.41, 5.74) is 0.919. The largest absolute Gasteiger partial charge is 0.480 e. The van der Waals surface area contributed by atoms with E-state index >= 15 is 0 Å². The molecule has 0 amide bonds. The van der Waals surface area contributed by atoms with E-state index < -0.39 is 23.6 Å². The average molecular weight is 466 g/mol. The van der Waals surface area contributed by atoms with Crippen molar-refractivity contribution < 1.29 is 33.6 Å². The number of hydrogen-bond donors (Lipinski definition) is 2. The molecule has 0 radical (unpaired) electrons. The average Bonchev–Trinajstić information content (AvgIpc) is 3.32. The lowest BCUT2D eigenvalue weighted by molar-refractivity contribution is -0.205. The number of thiocarbonyl (C=S) groups is 1. The van der Waals surface area contributed by atoms with E-state index in [0.717, 1.165) is 5.56 Å². The van der Waals surface area contributed by atoms with Crippen molar-refractivity contribution in [2.75, 3.05) is 6.61 Å². The summed E-state index contributed by atoms with van der Waals surface area (Å²) in [5.74, 6) is -2.39. The van der Waals surface area contributed by atoms with Gasteiger partial charge in [0.2, 0.25) is 0 Å². The van der Waals surface area contributed by atoms with Gasteiger partial charge in [0.25, 0.3) is 0 Å². The molecule has 0 aliphatic carbocycles. The zero-order chi connectivity index (χ0) is 23.1. The second-order valence-electron chi connectivity index (χ2n) is 9.42. The van der Waals surface area contributed by atoms with Gasteiger partial charge in [0.1, 0.15) is 30.5 Å². The van der Waals surface area contributed by atoms with Crippen LogP contribution in [0.3, 0.4) is 0 Å². The van der Waals surface area contributed by atoms with Crippen molar-refractivity contribution in [2.24, 2.45) is 0 Å². The van der Waals surface area contributed by atoms with Crippen molar-refractivity contribution in [2.45, 2.75) is 88.7 Å². The predicted octanol–water partition coefficient (Wildman–Crippen LogP) is 2.43. The number of carbonyl (C=O) groups is 1. The standard InChI is InChI=1S/C23H31NO7S/c1-22(2)27-12-16(29-22)18-20-19(30-23(3,4)31-20)15(28-18)11-17(32)24-14(21(25)26)10-13-8-6-5-7-9-13/h5-9,14-16,18-20H,10-12H2,1-4H3,(H,24,32)(H,25,26)/t14?,15-,16?,18+,19+,20-/m0/s1. The third-order valence-corrected chi connectivity index (χ3v) is 6.17. The second-order valence-corrected chi connectivity index (χ2v) is 9.92. The topological polar surface area (TPSA) is 95.5 Å². The molecule has 1 aromatic carbocycles. The Hall–Kier alpha value is -1.62. The van der Waals surface area contributed by atoms with Gasteiger partial charge in [-0.25, -0.2) is 4.79 Å². The number of fused-ring (bicyclic) bond motifs is 1. The van der Waals surface area contributed by atoms with Crippen molar-refractivity contribution in [3.63, 3.8) is 0 Å². The number of ether oxygens (including phenoxy) is 5. The van der Waals surface area contributed by atoms with Crippen LogP contribution in [0.1, 0.15) is 39.7 Å². The number of hydrogen-bond acceptors (Lipinski definition) is 7. The zero-order valence-electron chi connectivity index (χ0n) is 18.8. The fourth-order valence-corrected chi connectivity index (χ4v) is 4.85. The minimum Gasteiger partial charge on any atom is -0.480 e. The molecular formula is C23H31NO7S. The fraction of sp³-hybridized carbons (Fsp3) is 0.652. The summed E-state index contributed by atoms with van der Waals surface area (Å²) >= 11 is 5.52. The van der Waals surface area contributed by atoms with Crippen LogP contribution in [-0.4, -0.2) is 70.8 Å². The van der Waals surface area contributed by atoms with Gasteiger partial charge in [-0.1, -0.05) is 42.5 Å². The minimum atomic E-state index is -0.959. The lowest BCUT2D eigenvalue weighted by Gasteiger charge is -2.27. The van der Waals surface area contributed by atoms with Gasteiger partial charge < -0.3 is 34.1 Å². The number of rotatable bonds is 7. The van der Waals surface area contributed by atoms with Crippen molar-refractivity contribution in [3.8, 4) is 0 Å². The molecule has 2 N–H and O–H groups in total. The second kappa shape index (κ2) is 8.96. The van der Waals surface area contributed by atoms with Gasteiger partial charge in [0, 0.05) is 12.8 Å². The Morgan fingerprint density at radius 3 is 2.41 bits per heavy atom. The third-order valence-electron chi connectivity index (χ3n) is 5.89. The summed E-state index contributed by atoms with van der Waals surface area (Å²) in [4.78, 5) is 12.2. The molecule has 0 bridgehead atoms. The highest BCUT2D eigenvalue weighted by molar-refractivity contribution is 7.80. The van der Waals surface area contributed by atoms with Crippen LogP contribution < -0.4 is 5.32 Å². The lowest BCUT2D eigenvalue weighted by atomic mass is 10.0. The normalized spacial score (nSPS) is 33.6. The van der Waals surface area contributed by atoms with Crippen LogP contribution in [0.2, 0.25) is 0 Å². The van der Waals surface area contributed by atoms with Crippen molar-refractivity contribution in [3.05, 3.63) is 35.9 Å². The van der Waals surface area contributed by atoms with E-state index in [1.165, 1.54) is 0 Å². The third kappa shape index (κ3) is 5.30. The van der Waals surface area contributed by atoms with E-state index in [0.29, 0.717) is 24.4 Å².